The van der Waals surface area contributed by atoms with Gasteiger partial charge in [0.1, 0.15) is 0 Å². The Kier molecular flexibility index (Phi) is 5.74. The highest BCUT2D eigenvalue weighted by atomic mass is 16.5. The molecule has 0 saturated carbocycles. The van der Waals surface area contributed by atoms with Gasteiger partial charge < -0.3 is 25.1 Å². The number of hydrogen-bond acceptors (Lipinski definition) is 5. The Morgan fingerprint density at radius 1 is 1.11 bits per heavy atom. The third-order valence-electron chi connectivity index (χ3n) is 2.89. The largest absolute Gasteiger partial charge is 0.493 e. The summed E-state index contributed by atoms with van der Waals surface area (Å²) in [5, 5.41) is 9.20. The summed E-state index contributed by atoms with van der Waals surface area (Å²) < 4.78 is 15.9. The van der Waals surface area contributed by atoms with Crippen molar-refractivity contribution in [1.82, 2.24) is 0 Å². The first-order valence-corrected chi connectivity index (χ1v) is 5.80. The minimum atomic E-state index is 0.0111. The molecule has 0 aliphatic heterocycles. The third-order valence-corrected chi connectivity index (χ3v) is 2.89. The Balaban J connectivity index is 3.12. The van der Waals surface area contributed by atoms with Gasteiger partial charge in [0, 0.05) is 6.61 Å². The zero-order valence-corrected chi connectivity index (χ0v) is 11.1. The van der Waals surface area contributed by atoms with Gasteiger partial charge in [0.15, 0.2) is 11.5 Å². The Hall–Kier alpha value is -1.46. The molecule has 1 unspecified atom stereocenters. The molecular formula is C13H21NO4. The second kappa shape index (κ2) is 7.08. The Bertz CT molecular complexity index is 377. The van der Waals surface area contributed by atoms with E-state index < -0.39 is 0 Å². The molecule has 0 aromatic heterocycles. The highest BCUT2D eigenvalue weighted by Gasteiger charge is 2.18. The van der Waals surface area contributed by atoms with Crippen molar-refractivity contribution in [2.24, 2.45) is 11.7 Å². The van der Waals surface area contributed by atoms with Gasteiger partial charge in [-0.25, -0.2) is 0 Å². The number of ether oxygens (including phenoxy) is 3. The molecule has 1 aromatic carbocycles. The summed E-state index contributed by atoms with van der Waals surface area (Å²) in [6.07, 6.45) is 0.635. The van der Waals surface area contributed by atoms with Crippen LogP contribution in [0.4, 0.5) is 0 Å². The fraction of sp³-hybridized carbons (Fsp3) is 0.538. The van der Waals surface area contributed by atoms with Crippen LogP contribution in [0.25, 0.3) is 0 Å². The van der Waals surface area contributed by atoms with Gasteiger partial charge in [-0.2, -0.15) is 0 Å². The first-order chi connectivity index (χ1) is 8.71. The molecule has 1 atom stereocenters. The monoisotopic (exact) mass is 255 g/mol. The maximum absolute atomic E-state index is 9.20. The zero-order valence-electron chi connectivity index (χ0n) is 11.1. The molecule has 1 aromatic rings. The Morgan fingerprint density at radius 2 is 1.78 bits per heavy atom. The smallest absolute Gasteiger partial charge is 0.203 e. The highest BCUT2D eigenvalue weighted by Crippen LogP contribution is 2.40. The molecule has 0 aliphatic carbocycles. The van der Waals surface area contributed by atoms with Crippen LogP contribution in [0.1, 0.15) is 5.56 Å². The number of aliphatic hydroxyl groups excluding tert-OH is 1. The molecule has 0 heterocycles. The van der Waals surface area contributed by atoms with E-state index in [2.05, 4.69) is 0 Å². The lowest BCUT2D eigenvalue weighted by Gasteiger charge is -2.18. The molecular weight excluding hydrogens is 234 g/mol. The van der Waals surface area contributed by atoms with E-state index in [4.69, 9.17) is 19.9 Å². The lowest BCUT2D eigenvalue weighted by molar-refractivity contribution is 0.228. The second-order valence-electron chi connectivity index (χ2n) is 3.98. The minimum absolute atomic E-state index is 0.0111. The third kappa shape index (κ3) is 3.05. The van der Waals surface area contributed by atoms with Gasteiger partial charge in [-0.05, 0) is 30.5 Å². The molecule has 18 heavy (non-hydrogen) atoms. The van der Waals surface area contributed by atoms with E-state index in [-0.39, 0.29) is 12.5 Å². The van der Waals surface area contributed by atoms with Crippen molar-refractivity contribution in [3.63, 3.8) is 0 Å². The van der Waals surface area contributed by atoms with Crippen molar-refractivity contribution in [2.45, 2.75) is 6.42 Å². The number of aliphatic hydroxyl groups is 1. The second-order valence-corrected chi connectivity index (χ2v) is 3.98. The van der Waals surface area contributed by atoms with Crippen molar-refractivity contribution in [3.8, 4) is 17.2 Å². The van der Waals surface area contributed by atoms with Crippen LogP contribution in [0.15, 0.2) is 12.1 Å². The van der Waals surface area contributed by atoms with Crippen molar-refractivity contribution in [1.29, 1.82) is 0 Å². The maximum atomic E-state index is 9.20. The number of methoxy groups -OCH3 is 3. The van der Waals surface area contributed by atoms with Crippen molar-refractivity contribution in [2.75, 3.05) is 34.5 Å². The van der Waals surface area contributed by atoms with Gasteiger partial charge in [-0.15, -0.1) is 0 Å². The predicted molar refractivity (Wildman–Crippen MR) is 69.4 cm³/mol. The van der Waals surface area contributed by atoms with Crippen LogP contribution in [-0.2, 0) is 6.42 Å². The summed E-state index contributed by atoms with van der Waals surface area (Å²) in [5.41, 5.74) is 6.54. The summed E-state index contributed by atoms with van der Waals surface area (Å²) in [4.78, 5) is 0. The standard InChI is InChI=1S/C13H21NO4/c1-16-11-5-4-10(6-9(7-14)8-15)12(17-2)13(11)18-3/h4-5,9,15H,6-8,14H2,1-3H3. The fourth-order valence-electron chi connectivity index (χ4n) is 1.86. The van der Waals surface area contributed by atoms with Crippen LogP contribution in [-0.4, -0.2) is 39.6 Å². The van der Waals surface area contributed by atoms with E-state index in [9.17, 15) is 5.11 Å². The number of rotatable bonds is 7. The Morgan fingerprint density at radius 3 is 2.22 bits per heavy atom. The van der Waals surface area contributed by atoms with E-state index in [0.29, 0.717) is 30.2 Å². The lowest BCUT2D eigenvalue weighted by atomic mass is 9.99. The number of benzene rings is 1. The van der Waals surface area contributed by atoms with Crippen LogP contribution in [0.2, 0.25) is 0 Å². The molecule has 5 nitrogen and oxygen atoms in total. The minimum Gasteiger partial charge on any atom is -0.493 e. The van der Waals surface area contributed by atoms with Crippen LogP contribution in [0.5, 0.6) is 17.2 Å². The van der Waals surface area contributed by atoms with Crippen LogP contribution >= 0.6 is 0 Å². The Labute approximate surface area is 107 Å². The molecule has 0 amide bonds. The van der Waals surface area contributed by atoms with Crippen LogP contribution in [0.3, 0.4) is 0 Å². The van der Waals surface area contributed by atoms with Gasteiger partial charge in [0.25, 0.3) is 0 Å². The van der Waals surface area contributed by atoms with Gasteiger partial charge in [-0.1, -0.05) is 6.07 Å². The topological polar surface area (TPSA) is 73.9 Å². The van der Waals surface area contributed by atoms with Gasteiger partial charge in [0.05, 0.1) is 21.3 Å². The summed E-state index contributed by atoms with van der Waals surface area (Å²) in [6, 6.07) is 3.72. The van der Waals surface area contributed by atoms with Crippen LogP contribution < -0.4 is 19.9 Å². The molecule has 0 bridgehead atoms. The molecule has 0 spiro atoms. The quantitative estimate of drug-likeness (QED) is 0.754. The number of nitrogens with two attached hydrogens (primary N) is 1. The first kappa shape index (κ1) is 14.6. The van der Waals surface area contributed by atoms with E-state index in [1.807, 2.05) is 12.1 Å². The van der Waals surface area contributed by atoms with E-state index >= 15 is 0 Å². The average molecular weight is 255 g/mol. The van der Waals surface area contributed by atoms with Crippen molar-refractivity contribution >= 4 is 0 Å². The van der Waals surface area contributed by atoms with Crippen LogP contribution in [0, 0.1) is 5.92 Å². The molecule has 1 rings (SSSR count). The highest BCUT2D eigenvalue weighted by molar-refractivity contribution is 5.55. The molecule has 3 N–H and O–H groups in total. The first-order valence-electron chi connectivity index (χ1n) is 5.80. The lowest BCUT2D eigenvalue weighted by Crippen LogP contribution is -2.20. The van der Waals surface area contributed by atoms with Gasteiger partial charge in [-0.3, -0.25) is 0 Å². The summed E-state index contributed by atoms with van der Waals surface area (Å²) in [5.74, 6) is 1.82. The molecule has 0 radical (unpaired) electrons. The maximum Gasteiger partial charge on any atom is 0.203 e. The van der Waals surface area contributed by atoms with Gasteiger partial charge in [0.2, 0.25) is 5.75 Å². The average Bonchev–Trinajstić information content (AvgIpc) is 2.43. The summed E-state index contributed by atoms with van der Waals surface area (Å²) in [7, 11) is 4.72. The molecule has 102 valence electrons. The number of hydrogen-bond donors (Lipinski definition) is 2. The summed E-state index contributed by atoms with van der Waals surface area (Å²) >= 11 is 0. The molecule has 0 saturated heterocycles. The molecule has 0 fully saturated rings. The van der Waals surface area contributed by atoms with E-state index in [1.54, 1.807) is 21.3 Å². The summed E-state index contributed by atoms with van der Waals surface area (Å²) in [6.45, 7) is 0.474. The fourth-order valence-corrected chi connectivity index (χ4v) is 1.86. The zero-order chi connectivity index (χ0) is 13.5. The molecule has 0 aliphatic rings. The van der Waals surface area contributed by atoms with Gasteiger partial charge >= 0.3 is 0 Å². The van der Waals surface area contributed by atoms with E-state index in [1.165, 1.54) is 0 Å². The van der Waals surface area contributed by atoms with Crippen molar-refractivity contribution in [3.05, 3.63) is 17.7 Å². The molecule has 5 heteroatoms. The normalized spacial score (nSPS) is 12.1. The SMILES string of the molecule is COc1ccc(CC(CN)CO)c(OC)c1OC. The predicted octanol–water partition coefficient (Wildman–Crippen LogP) is 0.822. The van der Waals surface area contributed by atoms with E-state index in [0.717, 1.165) is 5.56 Å². The van der Waals surface area contributed by atoms with Crippen molar-refractivity contribution < 1.29 is 19.3 Å².